The molecular formula is C20H24ClN7O5S. The number of carbonyl (C=O) groups excluding carboxylic acids is 2. The maximum Gasteiger partial charge on any atom is 0.341 e. The van der Waals surface area contributed by atoms with E-state index in [1.807, 2.05) is 0 Å². The van der Waals surface area contributed by atoms with Gasteiger partial charge in [-0.2, -0.15) is 4.31 Å². The van der Waals surface area contributed by atoms with E-state index in [1.54, 1.807) is 18.2 Å². The zero-order chi connectivity index (χ0) is 24.0. The van der Waals surface area contributed by atoms with E-state index >= 15 is 0 Å². The summed E-state index contributed by atoms with van der Waals surface area (Å²) in [6.07, 6.45) is 0.633. The second kappa shape index (κ2) is 8.73. The molecule has 3 amide bonds. The van der Waals surface area contributed by atoms with Crippen LogP contribution in [0.4, 0.5) is 4.79 Å². The number of likely N-dealkylation sites (N-methyl/N-ethyl adjacent to an activating group) is 1. The molecule has 5 rings (SSSR count). The summed E-state index contributed by atoms with van der Waals surface area (Å²) >= 11 is 6.02. The molecule has 182 valence electrons. The van der Waals surface area contributed by atoms with E-state index in [4.69, 9.17) is 16.3 Å². The van der Waals surface area contributed by atoms with Crippen molar-refractivity contribution in [2.24, 2.45) is 5.10 Å². The topological polar surface area (TPSA) is 139 Å². The van der Waals surface area contributed by atoms with Crippen LogP contribution >= 0.6 is 11.6 Å². The highest BCUT2D eigenvalue weighted by molar-refractivity contribution is 7.89. The third-order valence-corrected chi connectivity index (χ3v) is 8.25. The molecule has 0 aliphatic carbocycles. The maximum atomic E-state index is 13.4. The second-order valence-corrected chi connectivity index (χ2v) is 10.6. The van der Waals surface area contributed by atoms with Crippen molar-refractivity contribution in [2.45, 2.75) is 23.5 Å². The molecule has 0 radical (unpaired) electrons. The van der Waals surface area contributed by atoms with E-state index in [1.165, 1.54) is 27.3 Å². The van der Waals surface area contributed by atoms with Crippen LogP contribution in [-0.4, -0.2) is 97.5 Å². The molecule has 34 heavy (non-hydrogen) atoms. The van der Waals surface area contributed by atoms with E-state index in [0.29, 0.717) is 41.5 Å². The molecular weight excluding hydrogens is 486 g/mol. The predicted molar refractivity (Wildman–Crippen MR) is 124 cm³/mol. The Morgan fingerprint density at radius 2 is 2.06 bits per heavy atom. The maximum absolute atomic E-state index is 13.4. The number of fused-ring (bicyclic) bond motifs is 2. The smallest absolute Gasteiger partial charge is 0.341 e. The zero-order valence-electron chi connectivity index (χ0n) is 18.3. The molecule has 1 aromatic carbocycles. The first-order valence-electron chi connectivity index (χ1n) is 10.8. The minimum absolute atomic E-state index is 0.000413. The van der Waals surface area contributed by atoms with Gasteiger partial charge in [0.1, 0.15) is 17.8 Å². The average molecular weight is 510 g/mol. The fourth-order valence-corrected chi connectivity index (χ4v) is 6.02. The Hall–Kier alpha value is -2.87. The van der Waals surface area contributed by atoms with Crippen molar-refractivity contribution >= 4 is 50.4 Å². The Bertz CT molecular complexity index is 1280. The van der Waals surface area contributed by atoms with Gasteiger partial charge in [-0.1, -0.05) is 11.6 Å². The van der Waals surface area contributed by atoms with Gasteiger partial charge in [-0.05, 0) is 30.7 Å². The number of nitrogens with one attached hydrogen (secondary N) is 3. The van der Waals surface area contributed by atoms with Crippen LogP contribution in [0.25, 0.3) is 10.9 Å². The Balaban J connectivity index is 1.38. The average Bonchev–Trinajstić information content (AvgIpc) is 3.49. The lowest BCUT2D eigenvalue weighted by atomic mass is 10.1. The van der Waals surface area contributed by atoms with Gasteiger partial charge < -0.3 is 19.9 Å². The fraction of sp³-hybridized carbons (Fsp3) is 0.450. The number of benzene rings is 1. The Morgan fingerprint density at radius 1 is 1.24 bits per heavy atom. The van der Waals surface area contributed by atoms with Gasteiger partial charge in [0, 0.05) is 49.2 Å². The lowest BCUT2D eigenvalue weighted by Crippen LogP contribution is -2.63. The number of aromatic amines is 1. The third kappa shape index (κ3) is 3.98. The van der Waals surface area contributed by atoms with Gasteiger partial charge in [-0.3, -0.25) is 10.1 Å². The molecule has 4 heterocycles. The number of piperazine rings is 1. The first-order chi connectivity index (χ1) is 16.3. The molecule has 2 atom stereocenters. The second-order valence-electron chi connectivity index (χ2n) is 8.23. The molecule has 0 bridgehead atoms. The van der Waals surface area contributed by atoms with Crippen LogP contribution in [0, 0.1) is 0 Å². The normalized spacial score (nSPS) is 23.4. The molecule has 2 fully saturated rings. The Labute approximate surface area is 200 Å². The SMILES string of the molecule is CNC(=O)C1CN(S(=O)(=O)c2cc3cc(Cl)ccc3[nH]2)CCN1C(=O)N1CCC2NCOC2=N1. The van der Waals surface area contributed by atoms with Crippen molar-refractivity contribution in [1.29, 1.82) is 0 Å². The Morgan fingerprint density at radius 3 is 2.85 bits per heavy atom. The highest BCUT2D eigenvalue weighted by Crippen LogP contribution is 2.26. The number of rotatable bonds is 3. The van der Waals surface area contributed by atoms with Gasteiger partial charge in [-0.15, -0.1) is 5.10 Å². The number of ether oxygens (including phenoxy) is 1. The number of hydrogen-bond acceptors (Lipinski definition) is 7. The Kier molecular flexibility index (Phi) is 5.88. The number of sulfonamides is 1. The summed E-state index contributed by atoms with van der Waals surface area (Å²) in [6.45, 7) is 0.576. The molecule has 2 saturated heterocycles. The van der Waals surface area contributed by atoms with Gasteiger partial charge in [0.25, 0.3) is 10.0 Å². The van der Waals surface area contributed by atoms with Gasteiger partial charge >= 0.3 is 6.03 Å². The molecule has 3 aliphatic rings. The summed E-state index contributed by atoms with van der Waals surface area (Å²) in [7, 11) is -2.50. The van der Waals surface area contributed by atoms with E-state index in [0.717, 1.165) is 0 Å². The lowest BCUT2D eigenvalue weighted by molar-refractivity contribution is -0.126. The zero-order valence-corrected chi connectivity index (χ0v) is 19.9. The monoisotopic (exact) mass is 509 g/mol. The summed E-state index contributed by atoms with van der Waals surface area (Å²) in [4.78, 5) is 30.2. The molecule has 12 nitrogen and oxygen atoms in total. The first kappa shape index (κ1) is 22.9. The van der Waals surface area contributed by atoms with Crippen LogP contribution in [0.3, 0.4) is 0 Å². The van der Waals surface area contributed by atoms with E-state index in [2.05, 4.69) is 20.7 Å². The minimum atomic E-state index is -3.95. The van der Waals surface area contributed by atoms with Crippen molar-refractivity contribution in [3.05, 3.63) is 29.3 Å². The highest BCUT2D eigenvalue weighted by atomic mass is 35.5. The highest BCUT2D eigenvalue weighted by Gasteiger charge is 2.42. The van der Waals surface area contributed by atoms with Gasteiger partial charge in [-0.25, -0.2) is 18.2 Å². The van der Waals surface area contributed by atoms with Crippen molar-refractivity contribution in [3.8, 4) is 0 Å². The number of hydrazone groups is 1. The number of halogens is 1. The van der Waals surface area contributed by atoms with E-state index in [-0.39, 0.29) is 30.7 Å². The van der Waals surface area contributed by atoms with Crippen LogP contribution in [-0.2, 0) is 19.6 Å². The van der Waals surface area contributed by atoms with Crippen molar-refractivity contribution in [1.82, 2.24) is 29.8 Å². The van der Waals surface area contributed by atoms with Crippen LogP contribution in [0.15, 0.2) is 34.4 Å². The van der Waals surface area contributed by atoms with Crippen molar-refractivity contribution in [2.75, 3.05) is 40.0 Å². The van der Waals surface area contributed by atoms with Crippen LogP contribution in [0.1, 0.15) is 6.42 Å². The molecule has 2 aromatic rings. The van der Waals surface area contributed by atoms with E-state index < -0.39 is 28.0 Å². The molecule has 3 N–H and O–H groups in total. The molecule has 3 aliphatic heterocycles. The minimum Gasteiger partial charge on any atom is -0.463 e. The number of aromatic nitrogens is 1. The number of hydrogen-bond donors (Lipinski definition) is 3. The molecule has 0 saturated carbocycles. The predicted octanol–water partition coefficient (Wildman–Crippen LogP) is 0.327. The van der Waals surface area contributed by atoms with Crippen LogP contribution in [0.5, 0.6) is 0 Å². The summed E-state index contributed by atoms with van der Waals surface area (Å²) < 4.78 is 33.4. The molecule has 2 unspecified atom stereocenters. The number of carbonyl (C=O) groups is 2. The summed E-state index contributed by atoms with van der Waals surface area (Å²) in [5, 5.41) is 12.4. The summed E-state index contributed by atoms with van der Waals surface area (Å²) in [5.74, 6) is -0.0192. The van der Waals surface area contributed by atoms with Crippen molar-refractivity contribution < 1.29 is 22.7 Å². The first-order valence-corrected chi connectivity index (χ1v) is 12.6. The number of H-pyrrole nitrogens is 1. The van der Waals surface area contributed by atoms with Crippen molar-refractivity contribution in [3.63, 3.8) is 0 Å². The van der Waals surface area contributed by atoms with Crippen LogP contribution in [0.2, 0.25) is 5.02 Å². The molecule has 1 aromatic heterocycles. The summed E-state index contributed by atoms with van der Waals surface area (Å²) in [6, 6.07) is 5.06. The number of urea groups is 1. The van der Waals surface area contributed by atoms with Gasteiger partial charge in [0.15, 0.2) is 0 Å². The standard InChI is InChI=1S/C20H24ClN7O5S/c1-22-18(29)16-10-26(34(31,32)17-9-12-8-13(21)2-3-14(12)24-17)6-7-27(16)20(30)28-5-4-15-19(25-28)33-11-23-15/h2-3,8-9,15-16,23-24H,4-7,10-11H2,1H3,(H,22,29). The number of amides is 3. The lowest BCUT2D eigenvalue weighted by Gasteiger charge is -2.41. The molecule has 14 heteroatoms. The quantitative estimate of drug-likeness (QED) is 0.544. The largest absolute Gasteiger partial charge is 0.463 e. The van der Waals surface area contributed by atoms with Gasteiger partial charge in [0.2, 0.25) is 11.8 Å². The number of nitrogens with zero attached hydrogens (tertiary/aromatic N) is 4. The summed E-state index contributed by atoms with van der Waals surface area (Å²) in [5.41, 5.74) is 0.630. The van der Waals surface area contributed by atoms with Gasteiger partial charge in [0.05, 0.1) is 6.04 Å². The van der Waals surface area contributed by atoms with Crippen LogP contribution < -0.4 is 10.6 Å². The molecule has 0 spiro atoms. The van der Waals surface area contributed by atoms with E-state index in [9.17, 15) is 18.0 Å². The fourth-order valence-electron chi connectivity index (χ4n) is 4.39. The third-order valence-electron chi connectivity index (χ3n) is 6.23.